The Morgan fingerprint density at radius 2 is 1.46 bits per heavy atom. The Morgan fingerprint density at radius 1 is 0.892 bits per heavy atom. The first-order valence-electron chi connectivity index (χ1n) is 10.9. The van der Waals surface area contributed by atoms with Gasteiger partial charge >= 0.3 is 0 Å². The zero-order chi connectivity index (χ0) is 26.8. The van der Waals surface area contributed by atoms with Crippen LogP contribution in [0.3, 0.4) is 0 Å². The molecule has 0 saturated heterocycles. The number of methoxy groups -OCH3 is 3. The van der Waals surface area contributed by atoms with Gasteiger partial charge in [0.05, 0.1) is 26.4 Å². The summed E-state index contributed by atoms with van der Waals surface area (Å²) in [5.74, 6) is 0.665. The molecule has 0 radical (unpaired) electrons. The van der Waals surface area contributed by atoms with Crippen LogP contribution in [-0.4, -0.2) is 39.8 Å². The van der Waals surface area contributed by atoms with Gasteiger partial charge in [0.15, 0.2) is 18.1 Å². The van der Waals surface area contributed by atoms with Gasteiger partial charge in [-0.15, -0.1) is 0 Å². The van der Waals surface area contributed by atoms with Crippen LogP contribution in [-0.2, 0) is 9.59 Å². The van der Waals surface area contributed by atoms with Gasteiger partial charge in [0.25, 0.3) is 11.8 Å². The van der Waals surface area contributed by atoms with Crippen LogP contribution in [0.25, 0.3) is 6.08 Å². The first kappa shape index (κ1) is 26.9. The SMILES string of the molecule is COc1ccc(NC(=O)COc2c(Cl)cc(/C=C(/C#N)C(=O)Nc3ccc(OC)cc3)cc2OC)cc1. The average molecular weight is 522 g/mol. The van der Waals surface area contributed by atoms with Crippen LogP contribution >= 0.6 is 11.6 Å². The van der Waals surface area contributed by atoms with E-state index in [0.717, 1.165) is 0 Å². The first-order valence-corrected chi connectivity index (χ1v) is 11.3. The molecule has 2 N–H and O–H groups in total. The smallest absolute Gasteiger partial charge is 0.266 e. The second-order valence-electron chi connectivity index (χ2n) is 7.45. The van der Waals surface area contributed by atoms with Crippen molar-refractivity contribution in [3.63, 3.8) is 0 Å². The lowest BCUT2D eigenvalue weighted by atomic mass is 10.1. The van der Waals surface area contributed by atoms with Gasteiger partial charge in [-0.1, -0.05) is 11.6 Å². The molecular weight excluding hydrogens is 498 g/mol. The summed E-state index contributed by atoms with van der Waals surface area (Å²) in [4.78, 5) is 24.9. The molecular formula is C27H24ClN3O6. The fraction of sp³-hybridized carbons (Fsp3) is 0.148. The Hall–Kier alpha value is -4.68. The van der Waals surface area contributed by atoms with Crippen molar-refractivity contribution < 1.29 is 28.5 Å². The standard InChI is InChI=1S/C27H24ClN3O6/c1-34-21-8-4-19(5-9-21)30-25(32)16-37-26-23(28)13-17(14-24(26)36-3)12-18(15-29)27(33)31-20-6-10-22(35-2)11-7-20/h4-14H,16H2,1-3H3,(H,30,32)(H,31,33)/b18-12-. The van der Waals surface area contributed by atoms with E-state index in [2.05, 4.69) is 10.6 Å². The van der Waals surface area contributed by atoms with E-state index in [4.69, 9.17) is 30.5 Å². The normalized spacial score (nSPS) is 10.6. The molecule has 9 nitrogen and oxygen atoms in total. The minimum absolute atomic E-state index is 0.135. The molecule has 10 heteroatoms. The summed E-state index contributed by atoms with van der Waals surface area (Å²) in [6, 6.07) is 18.4. The Balaban J connectivity index is 1.70. The molecule has 0 aliphatic carbocycles. The highest BCUT2D eigenvalue weighted by molar-refractivity contribution is 6.32. The van der Waals surface area contributed by atoms with Crippen LogP contribution in [0.4, 0.5) is 11.4 Å². The molecule has 0 fully saturated rings. The molecule has 0 aliphatic heterocycles. The summed E-state index contributed by atoms with van der Waals surface area (Å²) in [5.41, 5.74) is 1.35. The van der Waals surface area contributed by atoms with Crippen molar-refractivity contribution in [1.82, 2.24) is 0 Å². The van der Waals surface area contributed by atoms with Gasteiger partial charge < -0.3 is 29.6 Å². The molecule has 0 atom stereocenters. The van der Waals surface area contributed by atoms with Crippen LogP contribution in [0.1, 0.15) is 5.56 Å². The topological polar surface area (TPSA) is 119 Å². The number of nitrogens with one attached hydrogen (secondary N) is 2. The zero-order valence-electron chi connectivity index (χ0n) is 20.3. The average Bonchev–Trinajstić information content (AvgIpc) is 2.91. The van der Waals surface area contributed by atoms with Crippen molar-refractivity contribution in [3.8, 4) is 29.1 Å². The lowest BCUT2D eigenvalue weighted by Gasteiger charge is -2.14. The molecule has 0 aromatic heterocycles. The van der Waals surface area contributed by atoms with Gasteiger partial charge in [0.2, 0.25) is 0 Å². The fourth-order valence-corrected chi connectivity index (χ4v) is 3.43. The Labute approximate surface area is 219 Å². The number of benzene rings is 3. The second-order valence-corrected chi connectivity index (χ2v) is 7.86. The number of nitrogens with zero attached hydrogens (tertiary/aromatic N) is 1. The number of carbonyl (C=O) groups is 2. The van der Waals surface area contributed by atoms with Crippen molar-refractivity contribution in [1.29, 1.82) is 5.26 Å². The van der Waals surface area contributed by atoms with Gasteiger partial charge in [-0.2, -0.15) is 5.26 Å². The largest absolute Gasteiger partial charge is 0.497 e. The van der Waals surface area contributed by atoms with Crippen molar-refractivity contribution in [2.45, 2.75) is 0 Å². The highest BCUT2D eigenvalue weighted by Gasteiger charge is 2.16. The summed E-state index contributed by atoms with van der Waals surface area (Å²) in [5, 5.41) is 15.0. The molecule has 190 valence electrons. The van der Waals surface area contributed by atoms with E-state index in [1.54, 1.807) is 61.7 Å². The maximum Gasteiger partial charge on any atom is 0.266 e. The predicted octanol–water partition coefficient (Wildman–Crippen LogP) is 4.93. The van der Waals surface area contributed by atoms with E-state index in [-0.39, 0.29) is 28.7 Å². The molecule has 3 aromatic carbocycles. The highest BCUT2D eigenvalue weighted by Crippen LogP contribution is 2.37. The molecule has 2 amide bonds. The van der Waals surface area contributed by atoms with E-state index in [9.17, 15) is 14.9 Å². The molecule has 0 saturated carbocycles. The molecule has 0 spiro atoms. The number of amides is 2. The van der Waals surface area contributed by atoms with Crippen LogP contribution in [0.2, 0.25) is 5.02 Å². The Kier molecular flexibility index (Phi) is 9.35. The maximum atomic E-state index is 12.6. The minimum Gasteiger partial charge on any atom is -0.497 e. The second kappa shape index (κ2) is 12.9. The highest BCUT2D eigenvalue weighted by atomic mass is 35.5. The van der Waals surface area contributed by atoms with Crippen molar-refractivity contribution in [2.24, 2.45) is 0 Å². The quantitative estimate of drug-likeness (QED) is 0.287. The summed E-state index contributed by atoms with van der Waals surface area (Å²) >= 11 is 6.38. The number of hydrogen-bond donors (Lipinski definition) is 2. The van der Waals surface area contributed by atoms with Crippen LogP contribution in [0.5, 0.6) is 23.0 Å². The zero-order valence-corrected chi connectivity index (χ0v) is 21.1. The number of rotatable bonds is 10. The van der Waals surface area contributed by atoms with E-state index in [1.807, 2.05) is 6.07 Å². The number of carbonyl (C=O) groups excluding carboxylic acids is 2. The third-order valence-corrected chi connectivity index (χ3v) is 5.28. The lowest BCUT2D eigenvalue weighted by Crippen LogP contribution is -2.20. The number of halogens is 1. The number of anilines is 2. The molecule has 0 heterocycles. The molecule has 3 rings (SSSR count). The third kappa shape index (κ3) is 7.40. The van der Waals surface area contributed by atoms with E-state index in [1.165, 1.54) is 26.4 Å². The van der Waals surface area contributed by atoms with Crippen LogP contribution in [0.15, 0.2) is 66.2 Å². The van der Waals surface area contributed by atoms with E-state index < -0.39 is 11.8 Å². The van der Waals surface area contributed by atoms with Crippen molar-refractivity contribution in [3.05, 3.63) is 76.8 Å². The minimum atomic E-state index is -0.599. The maximum absolute atomic E-state index is 12.6. The monoisotopic (exact) mass is 521 g/mol. The Bertz CT molecular complexity index is 1330. The Morgan fingerprint density at radius 3 is 1.97 bits per heavy atom. The number of nitriles is 1. The summed E-state index contributed by atoms with van der Waals surface area (Å²) in [6.45, 7) is -0.328. The molecule has 0 bridgehead atoms. The molecule has 3 aromatic rings. The van der Waals surface area contributed by atoms with Crippen LogP contribution in [0, 0.1) is 11.3 Å². The number of ether oxygens (including phenoxy) is 4. The predicted molar refractivity (Wildman–Crippen MR) is 140 cm³/mol. The molecule has 0 unspecified atom stereocenters. The lowest BCUT2D eigenvalue weighted by molar-refractivity contribution is -0.118. The summed E-state index contributed by atoms with van der Waals surface area (Å²) in [7, 11) is 4.50. The van der Waals surface area contributed by atoms with Crippen molar-refractivity contribution in [2.75, 3.05) is 38.6 Å². The molecule has 37 heavy (non-hydrogen) atoms. The van der Waals surface area contributed by atoms with Gasteiger partial charge in [-0.25, -0.2) is 0 Å². The van der Waals surface area contributed by atoms with E-state index >= 15 is 0 Å². The van der Waals surface area contributed by atoms with Gasteiger partial charge in [0, 0.05) is 11.4 Å². The van der Waals surface area contributed by atoms with Gasteiger partial charge in [-0.05, 0) is 72.3 Å². The van der Waals surface area contributed by atoms with Crippen LogP contribution < -0.4 is 29.6 Å². The van der Waals surface area contributed by atoms with E-state index in [0.29, 0.717) is 28.4 Å². The summed E-state index contributed by atoms with van der Waals surface area (Å²) in [6.07, 6.45) is 1.37. The third-order valence-electron chi connectivity index (χ3n) is 5.00. The first-order chi connectivity index (χ1) is 17.9. The van der Waals surface area contributed by atoms with Gasteiger partial charge in [0.1, 0.15) is 23.1 Å². The van der Waals surface area contributed by atoms with Gasteiger partial charge in [-0.3, -0.25) is 9.59 Å². The number of hydrogen-bond acceptors (Lipinski definition) is 7. The molecule has 0 aliphatic rings. The summed E-state index contributed by atoms with van der Waals surface area (Å²) < 4.78 is 21.1. The van der Waals surface area contributed by atoms with Crippen molar-refractivity contribution >= 4 is 40.9 Å². The fourth-order valence-electron chi connectivity index (χ4n) is 3.16.